The van der Waals surface area contributed by atoms with Crippen molar-refractivity contribution < 1.29 is 4.74 Å². The lowest BCUT2D eigenvalue weighted by Crippen LogP contribution is -2.33. The second-order valence-electron chi connectivity index (χ2n) is 8.52. The molecule has 5 heteroatoms. The lowest BCUT2D eigenvalue weighted by molar-refractivity contribution is 0.302. The van der Waals surface area contributed by atoms with Crippen LogP contribution in [0.25, 0.3) is 0 Å². The van der Waals surface area contributed by atoms with Gasteiger partial charge in [-0.2, -0.15) is 0 Å². The Labute approximate surface area is 178 Å². The van der Waals surface area contributed by atoms with Crippen molar-refractivity contribution >= 4 is 23.1 Å². The summed E-state index contributed by atoms with van der Waals surface area (Å²) in [5.41, 5.74) is 2.50. The van der Waals surface area contributed by atoms with Gasteiger partial charge in [-0.15, -0.1) is 11.8 Å². The number of thiazole rings is 1. The van der Waals surface area contributed by atoms with Crippen LogP contribution >= 0.6 is 23.1 Å². The van der Waals surface area contributed by atoms with E-state index in [4.69, 9.17) is 4.74 Å². The van der Waals surface area contributed by atoms with Gasteiger partial charge >= 0.3 is 4.87 Å². The summed E-state index contributed by atoms with van der Waals surface area (Å²) in [6, 6.07) is 18.9. The molecule has 0 saturated heterocycles. The highest BCUT2D eigenvalue weighted by molar-refractivity contribution is 8.00. The predicted molar refractivity (Wildman–Crippen MR) is 118 cm³/mol. The molecule has 1 aliphatic heterocycles. The molecule has 2 bridgehead atoms. The Kier molecular flexibility index (Phi) is 4.35. The third kappa shape index (κ3) is 3.06. The average molecular weight is 422 g/mol. The van der Waals surface area contributed by atoms with Crippen molar-refractivity contribution in [2.45, 2.75) is 42.1 Å². The molecule has 2 heterocycles. The van der Waals surface area contributed by atoms with E-state index in [9.17, 15) is 4.79 Å². The smallest absolute Gasteiger partial charge is 0.305 e. The molecule has 2 aromatic carbocycles. The second kappa shape index (κ2) is 7.06. The summed E-state index contributed by atoms with van der Waals surface area (Å²) >= 11 is 3.37. The number of H-pyrrole nitrogens is 1. The SMILES string of the molecule is O=c1[nH]c2c(s1)C(c1ccc(OCc3ccccc3)cc1)C1C3CCC(C3)C1S2. The van der Waals surface area contributed by atoms with Gasteiger partial charge in [-0.05, 0) is 60.3 Å². The fourth-order valence-corrected chi connectivity index (χ4v) is 8.63. The number of aromatic amines is 1. The van der Waals surface area contributed by atoms with E-state index in [-0.39, 0.29) is 4.87 Å². The van der Waals surface area contributed by atoms with Gasteiger partial charge in [0.15, 0.2) is 0 Å². The van der Waals surface area contributed by atoms with Crippen LogP contribution < -0.4 is 9.61 Å². The van der Waals surface area contributed by atoms with Crippen LogP contribution in [0, 0.1) is 17.8 Å². The Hall–Kier alpha value is -1.98. The third-order valence-electron chi connectivity index (χ3n) is 6.95. The van der Waals surface area contributed by atoms with E-state index in [1.807, 2.05) is 30.0 Å². The zero-order chi connectivity index (χ0) is 19.4. The van der Waals surface area contributed by atoms with Gasteiger partial charge in [0.05, 0.1) is 5.03 Å². The van der Waals surface area contributed by atoms with Crippen LogP contribution in [0.3, 0.4) is 0 Å². The average Bonchev–Trinajstić information content (AvgIpc) is 3.46. The van der Waals surface area contributed by atoms with E-state index in [1.165, 1.54) is 46.6 Å². The standard InChI is InChI=1S/C24H23NO2S2/c26-24-25-23-22(29-24)19(20-16-6-7-17(12-16)21(20)28-23)15-8-10-18(11-9-15)27-13-14-4-2-1-3-5-14/h1-5,8-11,16-17,19-21H,6-7,12-13H2,(H,25,26). The molecule has 0 amide bonds. The summed E-state index contributed by atoms with van der Waals surface area (Å²) < 4.78 is 5.99. The Morgan fingerprint density at radius 3 is 2.62 bits per heavy atom. The topological polar surface area (TPSA) is 42.1 Å². The minimum Gasteiger partial charge on any atom is -0.489 e. The van der Waals surface area contributed by atoms with Crippen LogP contribution in [0.2, 0.25) is 0 Å². The van der Waals surface area contributed by atoms with Gasteiger partial charge in [-0.3, -0.25) is 4.79 Å². The molecule has 5 unspecified atom stereocenters. The Balaban J connectivity index is 1.30. The number of thioether (sulfide) groups is 1. The summed E-state index contributed by atoms with van der Waals surface area (Å²) in [5.74, 6) is 3.53. The molecule has 29 heavy (non-hydrogen) atoms. The van der Waals surface area contributed by atoms with Crippen molar-refractivity contribution in [3.05, 3.63) is 80.3 Å². The number of benzene rings is 2. The molecule has 2 aliphatic carbocycles. The van der Waals surface area contributed by atoms with E-state index in [2.05, 4.69) is 41.4 Å². The summed E-state index contributed by atoms with van der Waals surface area (Å²) in [7, 11) is 0. The summed E-state index contributed by atoms with van der Waals surface area (Å²) in [4.78, 5) is 16.6. The molecule has 1 N–H and O–H groups in total. The maximum atomic E-state index is 12.1. The number of hydrogen-bond donors (Lipinski definition) is 1. The van der Waals surface area contributed by atoms with Gasteiger partial charge in [0, 0.05) is 16.0 Å². The summed E-state index contributed by atoms with van der Waals surface area (Å²) in [5, 5.41) is 1.79. The Morgan fingerprint density at radius 2 is 1.79 bits per heavy atom. The molecule has 3 nitrogen and oxygen atoms in total. The molecule has 0 radical (unpaired) electrons. The highest BCUT2D eigenvalue weighted by Crippen LogP contribution is 2.63. The number of rotatable bonds is 4. The Morgan fingerprint density at radius 1 is 1.00 bits per heavy atom. The van der Waals surface area contributed by atoms with Crippen molar-refractivity contribution in [1.82, 2.24) is 4.98 Å². The van der Waals surface area contributed by atoms with Gasteiger partial charge in [0.25, 0.3) is 0 Å². The van der Waals surface area contributed by atoms with Gasteiger partial charge < -0.3 is 9.72 Å². The molecule has 5 atom stereocenters. The molecule has 3 aromatic rings. The lowest BCUT2D eigenvalue weighted by Gasteiger charge is -2.40. The van der Waals surface area contributed by atoms with E-state index < -0.39 is 0 Å². The van der Waals surface area contributed by atoms with Crippen LogP contribution in [0.5, 0.6) is 5.75 Å². The molecule has 2 fully saturated rings. The number of hydrogen-bond acceptors (Lipinski definition) is 4. The maximum Gasteiger partial charge on any atom is 0.305 e. The van der Waals surface area contributed by atoms with Gasteiger partial charge in [0.2, 0.25) is 0 Å². The van der Waals surface area contributed by atoms with Crippen molar-refractivity contribution in [3.8, 4) is 5.75 Å². The number of aromatic nitrogens is 1. The van der Waals surface area contributed by atoms with Crippen LogP contribution in [0.15, 0.2) is 64.4 Å². The van der Waals surface area contributed by atoms with Gasteiger partial charge in [-0.1, -0.05) is 53.8 Å². The van der Waals surface area contributed by atoms with Gasteiger partial charge in [0.1, 0.15) is 12.4 Å². The fraction of sp³-hybridized carbons (Fsp3) is 0.375. The minimum atomic E-state index is 0.0858. The third-order valence-corrected chi connectivity index (χ3v) is 9.58. The largest absolute Gasteiger partial charge is 0.489 e. The van der Waals surface area contributed by atoms with E-state index in [1.54, 1.807) is 0 Å². The molecule has 1 aromatic heterocycles. The fourth-order valence-electron chi connectivity index (χ4n) is 5.73. The molecule has 6 rings (SSSR count). The first-order chi connectivity index (χ1) is 14.3. The first-order valence-electron chi connectivity index (χ1n) is 10.4. The van der Waals surface area contributed by atoms with Crippen molar-refractivity contribution in [2.75, 3.05) is 0 Å². The number of fused-ring (bicyclic) bond motifs is 6. The van der Waals surface area contributed by atoms with E-state index >= 15 is 0 Å². The molecule has 0 spiro atoms. The molecule has 3 aliphatic rings. The minimum absolute atomic E-state index is 0.0858. The first-order valence-corrected chi connectivity index (χ1v) is 12.1. The maximum absolute atomic E-state index is 12.1. The predicted octanol–water partition coefficient (Wildman–Crippen LogP) is 5.67. The molecular weight excluding hydrogens is 398 g/mol. The number of ether oxygens (including phenoxy) is 1. The Bertz CT molecular complexity index is 1070. The molecular formula is C24H23NO2S2. The van der Waals surface area contributed by atoms with Gasteiger partial charge in [-0.25, -0.2) is 0 Å². The van der Waals surface area contributed by atoms with Crippen LogP contribution in [-0.2, 0) is 6.61 Å². The van der Waals surface area contributed by atoms with Crippen molar-refractivity contribution in [3.63, 3.8) is 0 Å². The van der Waals surface area contributed by atoms with Crippen LogP contribution in [0.1, 0.15) is 41.2 Å². The zero-order valence-corrected chi connectivity index (χ0v) is 17.7. The second-order valence-corrected chi connectivity index (χ2v) is 10.7. The lowest BCUT2D eigenvalue weighted by atomic mass is 9.75. The van der Waals surface area contributed by atoms with E-state index in [0.717, 1.165) is 22.6 Å². The van der Waals surface area contributed by atoms with E-state index in [0.29, 0.717) is 23.7 Å². The summed E-state index contributed by atoms with van der Waals surface area (Å²) in [6.07, 6.45) is 4.09. The monoisotopic (exact) mass is 421 g/mol. The highest BCUT2D eigenvalue weighted by atomic mass is 32.2. The first kappa shape index (κ1) is 17.8. The normalized spacial score (nSPS) is 29.4. The summed E-state index contributed by atoms with van der Waals surface area (Å²) in [6.45, 7) is 0.582. The molecule has 148 valence electrons. The number of nitrogens with one attached hydrogen (secondary N) is 1. The van der Waals surface area contributed by atoms with Crippen molar-refractivity contribution in [1.29, 1.82) is 0 Å². The molecule has 2 saturated carbocycles. The highest BCUT2D eigenvalue weighted by Gasteiger charge is 2.54. The quantitative estimate of drug-likeness (QED) is 0.590. The zero-order valence-electron chi connectivity index (χ0n) is 16.0. The van der Waals surface area contributed by atoms with Crippen molar-refractivity contribution in [2.24, 2.45) is 17.8 Å². The van der Waals surface area contributed by atoms with Crippen LogP contribution in [-0.4, -0.2) is 10.2 Å². The van der Waals surface area contributed by atoms with Crippen LogP contribution in [0.4, 0.5) is 0 Å².